The Bertz CT molecular complexity index is 225. The van der Waals surface area contributed by atoms with Gasteiger partial charge in [0.1, 0.15) is 0 Å². The molecule has 0 aromatic heterocycles. The molecule has 16 heavy (non-hydrogen) atoms. The lowest BCUT2D eigenvalue weighted by atomic mass is 9.89. The van der Waals surface area contributed by atoms with Crippen LogP contribution in [-0.2, 0) is 9.53 Å². The molecule has 4 heteroatoms. The van der Waals surface area contributed by atoms with E-state index in [2.05, 4.69) is 5.32 Å². The van der Waals surface area contributed by atoms with Crippen LogP contribution in [0.4, 0.5) is 0 Å². The van der Waals surface area contributed by atoms with E-state index in [1.807, 2.05) is 27.8 Å². The highest BCUT2D eigenvalue weighted by molar-refractivity contribution is 5.78. The zero-order chi connectivity index (χ0) is 12.1. The fraction of sp³-hybridized carbons (Fsp3) is 0.917. The van der Waals surface area contributed by atoms with Crippen LogP contribution in [0.25, 0.3) is 0 Å². The van der Waals surface area contributed by atoms with E-state index in [-0.39, 0.29) is 11.9 Å². The molecule has 0 radical (unpaired) electrons. The van der Waals surface area contributed by atoms with Gasteiger partial charge in [-0.1, -0.05) is 0 Å². The van der Waals surface area contributed by atoms with Crippen LogP contribution in [0, 0.1) is 0 Å². The number of ether oxygens (including phenoxy) is 1. The molecule has 1 aliphatic rings. The van der Waals surface area contributed by atoms with Gasteiger partial charge in [-0.05, 0) is 33.6 Å². The number of hydrogen-bond donors (Lipinski definition) is 1. The van der Waals surface area contributed by atoms with Crippen molar-refractivity contribution in [2.24, 2.45) is 0 Å². The van der Waals surface area contributed by atoms with Crippen molar-refractivity contribution in [1.82, 2.24) is 10.2 Å². The highest BCUT2D eigenvalue weighted by Gasteiger charge is 2.29. The second-order valence-corrected chi connectivity index (χ2v) is 4.72. The molecule has 0 saturated heterocycles. The standard InChI is InChI=1S/C12H24N2O2/c1-5-16-11-6-10(7-11)13-8-12(15)14(4)9(2)3/h9-11,13H,5-8H2,1-4H3. The van der Waals surface area contributed by atoms with E-state index in [0.717, 1.165) is 19.4 Å². The van der Waals surface area contributed by atoms with Crippen molar-refractivity contribution in [2.75, 3.05) is 20.2 Å². The minimum absolute atomic E-state index is 0.162. The third-order valence-electron chi connectivity index (χ3n) is 3.21. The van der Waals surface area contributed by atoms with Gasteiger partial charge in [-0.3, -0.25) is 4.79 Å². The van der Waals surface area contributed by atoms with Crippen LogP contribution in [0.3, 0.4) is 0 Å². The molecule has 4 nitrogen and oxygen atoms in total. The van der Waals surface area contributed by atoms with E-state index in [1.54, 1.807) is 4.90 Å². The second-order valence-electron chi connectivity index (χ2n) is 4.72. The minimum atomic E-state index is 0.162. The number of nitrogens with zero attached hydrogens (tertiary/aromatic N) is 1. The third kappa shape index (κ3) is 3.76. The molecular weight excluding hydrogens is 204 g/mol. The van der Waals surface area contributed by atoms with Crippen LogP contribution in [0.1, 0.15) is 33.6 Å². The summed E-state index contributed by atoms with van der Waals surface area (Å²) in [6.45, 7) is 7.28. The Balaban J connectivity index is 2.10. The van der Waals surface area contributed by atoms with Gasteiger partial charge in [-0.2, -0.15) is 0 Å². The summed E-state index contributed by atoms with van der Waals surface area (Å²) in [5.74, 6) is 0.162. The predicted octanol–water partition coefficient (Wildman–Crippen LogP) is 1.01. The van der Waals surface area contributed by atoms with Gasteiger partial charge in [-0.15, -0.1) is 0 Å². The molecule has 1 amide bonds. The average Bonchev–Trinajstić information content (AvgIpc) is 2.19. The molecule has 0 spiro atoms. The van der Waals surface area contributed by atoms with E-state index >= 15 is 0 Å². The van der Waals surface area contributed by atoms with Crippen molar-refractivity contribution >= 4 is 5.91 Å². The highest BCUT2D eigenvalue weighted by atomic mass is 16.5. The molecule has 0 bridgehead atoms. The first kappa shape index (κ1) is 13.5. The van der Waals surface area contributed by atoms with Crippen LogP contribution in [-0.4, -0.2) is 49.2 Å². The number of hydrogen-bond acceptors (Lipinski definition) is 3. The molecule has 0 atom stereocenters. The summed E-state index contributed by atoms with van der Waals surface area (Å²) in [5.41, 5.74) is 0. The van der Waals surface area contributed by atoms with Crippen molar-refractivity contribution in [3.8, 4) is 0 Å². The SMILES string of the molecule is CCOC1CC(NCC(=O)N(C)C(C)C)C1. The Morgan fingerprint density at radius 1 is 1.50 bits per heavy atom. The van der Waals surface area contributed by atoms with Crippen molar-refractivity contribution in [2.45, 2.75) is 51.8 Å². The summed E-state index contributed by atoms with van der Waals surface area (Å²) in [4.78, 5) is 13.4. The van der Waals surface area contributed by atoms with Gasteiger partial charge >= 0.3 is 0 Å². The maximum Gasteiger partial charge on any atom is 0.236 e. The summed E-state index contributed by atoms with van der Waals surface area (Å²) in [6, 6.07) is 0.730. The molecule has 0 aromatic rings. The maximum atomic E-state index is 11.7. The lowest BCUT2D eigenvalue weighted by Gasteiger charge is -2.35. The molecule has 1 rings (SSSR count). The first-order chi connectivity index (χ1) is 7.54. The van der Waals surface area contributed by atoms with Crippen LogP contribution in [0.2, 0.25) is 0 Å². The van der Waals surface area contributed by atoms with E-state index in [9.17, 15) is 4.79 Å². The molecule has 0 aliphatic heterocycles. The maximum absolute atomic E-state index is 11.7. The Labute approximate surface area is 98.3 Å². The number of likely N-dealkylation sites (N-methyl/N-ethyl adjacent to an activating group) is 1. The molecule has 0 aromatic carbocycles. The molecule has 94 valence electrons. The first-order valence-electron chi connectivity index (χ1n) is 6.15. The monoisotopic (exact) mass is 228 g/mol. The van der Waals surface area contributed by atoms with Gasteiger partial charge in [-0.25, -0.2) is 0 Å². The second kappa shape index (κ2) is 6.21. The van der Waals surface area contributed by atoms with E-state index in [4.69, 9.17) is 4.74 Å². The highest BCUT2D eigenvalue weighted by Crippen LogP contribution is 2.22. The van der Waals surface area contributed by atoms with E-state index in [1.165, 1.54) is 0 Å². The smallest absolute Gasteiger partial charge is 0.236 e. The largest absolute Gasteiger partial charge is 0.378 e. The number of carbonyl (C=O) groups is 1. The molecule has 0 heterocycles. The normalized spacial score (nSPS) is 24.3. The topological polar surface area (TPSA) is 41.6 Å². The van der Waals surface area contributed by atoms with Gasteiger partial charge in [0.2, 0.25) is 5.91 Å². The fourth-order valence-corrected chi connectivity index (χ4v) is 1.75. The fourth-order valence-electron chi connectivity index (χ4n) is 1.75. The number of amides is 1. The lowest BCUT2D eigenvalue weighted by Crippen LogP contribution is -2.49. The van der Waals surface area contributed by atoms with Gasteiger partial charge in [0.15, 0.2) is 0 Å². The third-order valence-corrected chi connectivity index (χ3v) is 3.21. The summed E-state index contributed by atoms with van der Waals surface area (Å²) in [7, 11) is 1.85. The molecule has 0 unspecified atom stereocenters. The van der Waals surface area contributed by atoms with E-state index in [0.29, 0.717) is 18.7 Å². The van der Waals surface area contributed by atoms with Crippen molar-refractivity contribution in [3.63, 3.8) is 0 Å². The van der Waals surface area contributed by atoms with Crippen LogP contribution < -0.4 is 5.32 Å². The Hall–Kier alpha value is -0.610. The molecule has 1 saturated carbocycles. The Morgan fingerprint density at radius 3 is 2.62 bits per heavy atom. The minimum Gasteiger partial charge on any atom is -0.378 e. The van der Waals surface area contributed by atoms with Gasteiger partial charge in [0, 0.05) is 25.7 Å². The molecular formula is C12H24N2O2. The summed E-state index contributed by atoms with van der Waals surface area (Å²) in [5, 5.41) is 3.27. The van der Waals surface area contributed by atoms with E-state index < -0.39 is 0 Å². The molecule has 1 fully saturated rings. The zero-order valence-electron chi connectivity index (χ0n) is 10.8. The van der Waals surface area contributed by atoms with Crippen molar-refractivity contribution < 1.29 is 9.53 Å². The quantitative estimate of drug-likeness (QED) is 0.737. The number of rotatable bonds is 6. The van der Waals surface area contributed by atoms with Gasteiger partial charge in [0.05, 0.1) is 12.6 Å². The number of carbonyl (C=O) groups excluding carboxylic acids is 1. The molecule has 1 N–H and O–H groups in total. The van der Waals surface area contributed by atoms with Crippen molar-refractivity contribution in [1.29, 1.82) is 0 Å². The van der Waals surface area contributed by atoms with Crippen LogP contribution in [0.5, 0.6) is 0 Å². The van der Waals surface area contributed by atoms with Crippen molar-refractivity contribution in [3.05, 3.63) is 0 Å². The van der Waals surface area contributed by atoms with Crippen LogP contribution >= 0.6 is 0 Å². The lowest BCUT2D eigenvalue weighted by molar-refractivity contribution is -0.130. The Morgan fingerprint density at radius 2 is 2.12 bits per heavy atom. The van der Waals surface area contributed by atoms with Gasteiger partial charge < -0.3 is 15.0 Å². The summed E-state index contributed by atoms with van der Waals surface area (Å²) >= 11 is 0. The zero-order valence-corrected chi connectivity index (χ0v) is 10.8. The summed E-state index contributed by atoms with van der Waals surface area (Å²) < 4.78 is 5.47. The molecule has 1 aliphatic carbocycles. The predicted molar refractivity (Wildman–Crippen MR) is 64.3 cm³/mol. The number of nitrogens with one attached hydrogen (secondary N) is 1. The Kier molecular flexibility index (Phi) is 5.22. The summed E-state index contributed by atoms with van der Waals surface area (Å²) in [6.07, 6.45) is 2.47. The average molecular weight is 228 g/mol. The first-order valence-corrected chi connectivity index (χ1v) is 6.15. The van der Waals surface area contributed by atoms with Crippen LogP contribution in [0.15, 0.2) is 0 Å². The van der Waals surface area contributed by atoms with Gasteiger partial charge in [0.25, 0.3) is 0 Å².